The first-order chi connectivity index (χ1) is 14.1. The van der Waals surface area contributed by atoms with Crippen molar-refractivity contribution in [3.05, 3.63) is 53.0 Å². The van der Waals surface area contributed by atoms with E-state index in [4.69, 9.17) is 4.98 Å². The molecule has 1 aromatic carbocycles. The second-order valence-electron chi connectivity index (χ2n) is 7.75. The van der Waals surface area contributed by atoms with Gasteiger partial charge in [-0.15, -0.1) is 0 Å². The average molecular weight is 389 g/mol. The fourth-order valence-electron chi connectivity index (χ4n) is 4.20. The molecule has 0 bridgehead atoms. The van der Waals surface area contributed by atoms with Crippen LogP contribution >= 0.6 is 0 Å². The summed E-state index contributed by atoms with van der Waals surface area (Å²) >= 11 is 0. The molecule has 4 heterocycles. The highest BCUT2D eigenvalue weighted by atomic mass is 16.1. The highest BCUT2D eigenvalue weighted by molar-refractivity contribution is 5.87. The van der Waals surface area contributed by atoms with E-state index in [2.05, 4.69) is 20.0 Å². The molecule has 5 rings (SSSR count). The zero-order chi connectivity index (χ0) is 20.0. The standard InChI is InChI=1S/C21H23N7O/c1-14-24-19-17(11-23-26(19)2)20(25-14)27-9-7-15(8-10-27)12-28-13-22-18-6-4-3-5-16(18)21(28)29/h3-6,11,13,15H,7-10,12H2,1-2H3. The molecule has 0 saturated carbocycles. The first kappa shape index (κ1) is 17.8. The first-order valence-corrected chi connectivity index (χ1v) is 9.95. The molecule has 1 saturated heterocycles. The molecule has 0 unspecified atom stereocenters. The Hall–Kier alpha value is -3.29. The van der Waals surface area contributed by atoms with Crippen molar-refractivity contribution in [1.82, 2.24) is 29.3 Å². The number of hydrogen-bond donors (Lipinski definition) is 0. The summed E-state index contributed by atoms with van der Waals surface area (Å²) in [6, 6.07) is 7.52. The van der Waals surface area contributed by atoms with E-state index >= 15 is 0 Å². The van der Waals surface area contributed by atoms with Gasteiger partial charge in [0.1, 0.15) is 11.6 Å². The molecule has 4 aromatic rings. The number of benzene rings is 1. The summed E-state index contributed by atoms with van der Waals surface area (Å²) in [5, 5.41) is 6.02. The predicted molar refractivity (Wildman–Crippen MR) is 112 cm³/mol. The van der Waals surface area contributed by atoms with E-state index in [-0.39, 0.29) is 5.56 Å². The van der Waals surface area contributed by atoms with Crippen LogP contribution in [0.2, 0.25) is 0 Å². The van der Waals surface area contributed by atoms with Crippen molar-refractivity contribution in [1.29, 1.82) is 0 Å². The number of rotatable bonds is 3. The van der Waals surface area contributed by atoms with Gasteiger partial charge >= 0.3 is 0 Å². The van der Waals surface area contributed by atoms with Crippen LogP contribution in [0.25, 0.3) is 21.9 Å². The number of hydrogen-bond acceptors (Lipinski definition) is 6. The number of nitrogens with zero attached hydrogens (tertiary/aromatic N) is 7. The summed E-state index contributed by atoms with van der Waals surface area (Å²) in [6.45, 7) is 4.43. The fourth-order valence-corrected chi connectivity index (χ4v) is 4.20. The highest BCUT2D eigenvalue weighted by Crippen LogP contribution is 2.28. The van der Waals surface area contributed by atoms with E-state index in [0.717, 1.165) is 54.1 Å². The van der Waals surface area contributed by atoms with E-state index in [0.29, 0.717) is 17.8 Å². The summed E-state index contributed by atoms with van der Waals surface area (Å²) < 4.78 is 3.55. The van der Waals surface area contributed by atoms with Crippen LogP contribution in [0.1, 0.15) is 18.7 Å². The lowest BCUT2D eigenvalue weighted by molar-refractivity contribution is 0.351. The lowest BCUT2D eigenvalue weighted by Gasteiger charge is -2.33. The lowest BCUT2D eigenvalue weighted by Crippen LogP contribution is -2.37. The van der Waals surface area contributed by atoms with Gasteiger partial charge in [-0.3, -0.25) is 14.0 Å². The van der Waals surface area contributed by atoms with Crippen LogP contribution in [0, 0.1) is 12.8 Å². The van der Waals surface area contributed by atoms with Crippen molar-refractivity contribution in [3.63, 3.8) is 0 Å². The number of piperidine rings is 1. The van der Waals surface area contributed by atoms with Crippen LogP contribution in [0.15, 0.2) is 41.6 Å². The monoisotopic (exact) mass is 389 g/mol. The van der Waals surface area contributed by atoms with Crippen LogP contribution in [0.4, 0.5) is 5.82 Å². The molecule has 0 atom stereocenters. The van der Waals surface area contributed by atoms with Crippen molar-refractivity contribution < 1.29 is 0 Å². The van der Waals surface area contributed by atoms with Crippen molar-refractivity contribution in [3.8, 4) is 0 Å². The second-order valence-corrected chi connectivity index (χ2v) is 7.75. The third-order valence-corrected chi connectivity index (χ3v) is 5.78. The predicted octanol–water partition coefficient (Wildman–Crippen LogP) is 2.30. The number of anilines is 1. The second kappa shape index (κ2) is 6.95. The minimum atomic E-state index is 0.0431. The zero-order valence-electron chi connectivity index (χ0n) is 16.6. The number of aryl methyl sites for hydroxylation is 2. The van der Waals surface area contributed by atoms with Gasteiger partial charge in [0.2, 0.25) is 0 Å². The molecule has 1 fully saturated rings. The van der Waals surface area contributed by atoms with E-state index < -0.39 is 0 Å². The third kappa shape index (κ3) is 3.14. The summed E-state index contributed by atoms with van der Waals surface area (Å²) in [5.41, 5.74) is 1.66. The molecule has 1 aliphatic rings. The van der Waals surface area contributed by atoms with Gasteiger partial charge in [0.15, 0.2) is 5.65 Å². The molecule has 1 aliphatic heterocycles. The van der Waals surface area contributed by atoms with Gasteiger partial charge in [0, 0.05) is 26.7 Å². The molecular weight excluding hydrogens is 366 g/mol. The van der Waals surface area contributed by atoms with E-state index in [1.165, 1.54) is 0 Å². The van der Waals surface area contributed by atoms with Gasteiger partial charge in [-0.1, -0.05) is 12.1 Å². The van der Waals surface area contributed by atoms with Gasteiger partial charge in [0.05, 0.1) is 28.8 Å². The molecule has 0 aliphatic carbocycles. The van der Waals surface area contributed by atoms with Gasteiger partial charge in [0.25, 0.3) is 5.56 Å². The summed E-state index contributed by atoms with van der Waals surface area (Å²) in [6.07, 6.45) is 5.54. The molecule has 29 heavy (non-hydrogen) atoms. The number of fused-ring (bicyclic) bond motifs is 2. The molecule has 0 spiro atoms. The SMILES string of the molecule is Cc1nc(N2CCC(Cn3cnc4ccccc4c3=O)CC2)c2cnn(C)c2n1. The Bertz CT molecular complexity index is 1250. The third-order valence-electron chi connectivity index (χ3n) is 5.78. The Morgan fingerprint density at radius 3 is 2.72 bits per heavy atom. The minimum Gasteiger partial charge on any atom is -0.356 e. The van der Waals surface area contributed by atoms with Crippen LogP contribution in [0.3, 0.4) is 0 Å². The van der Waals surface area contributed by atoms with Gasteiger partial charge < -0.3 is 4.90 Å². The van der Waals surface area contributed by atoms with Crippen molar-refractivity contribution in [2.45, 2.75) is 26.3 Å². The summed E-state index contributed by atoms with van der Waals surface area (Å²) in [5.74, 6) is 2.16. The van der Waals surface area contributed by atoms with Crippen molar-refractivity contribution in [2.75, 3.05) is 18.0 Å². The fraction of sp³-hybridized carbons (Fsp3) is 0.381. The van der Waals surface area contributed by atoms with Crippen LogP contribution < -0.4 is 10.5 Å². The highest BCUT2D eigenvalue weighted by Gasteiger charge is 2.23. The van der Waals surface area contributed by atoms with Crippen LogP contribution in [-0.4, -0.2) is 42.4 Å². The van der Waals surface area contributed by atoms with Crippen LogP contribution in [-0.2, 0) is 13.6 Å². The quantitative estimate of drug-likeness (QED) is 0.535. The first-order valence-electron chi connectivity index (χ1n) is 9.95. The minimum absolute atomic E-state index is 0.0431. The summed E-state index contributed by atoms with van der Waals surface area (Å²) in [7, 11) is 1.90. The zero-order valence-corrected chi connectivity index (χ0v) is 16.6. The Labute approximate surface area is 167 Å². The molecule has 3 aromatic heterocycles. The van der Waals surface area contributed by atoms with Crippen molar-refractivity contribution >= 4 is 27.8 Å². The Morgan fingerprint density at radius 1 is 1.10 bits per heavy atom. The Balaban J connectivity index is 1.34. The molecule has 0 radical (unpaired) electrons. The topological polar surface area (TPSA) is 81.7 Å². The van der Waals surface area contributed by atoms with Crippen LogP contribution in [0.5, 0.6) is 0 Å². The summed E-state index contributed by atoms with van der Waals surface area (Å²) in [4.78, 5) is 28.7. The number of para-hydroxylation sites is 1. The molecular formula is C21H23N7O. The molecule has 8 nitrogen and oxygen atoms in total. The molecule has 8 heteroatoms. The molecule has 0 N–H and O–H groups in total. The van der Waals surface area contributed by atoms with Crippen molar-refractivity contribution in [2.24, 2.45) is 13.0 Å². The largest absolute Gasteiger partial charge is 0.356 e. The number of aromatic nitrogens is 6. The van der Waals surface area contributed by atoms with E-state index in [1.54, 1.807) is 15.6 Å². The Kier molecular flexibility index (Phi) is 4.26. The van der Waals surface area contributed by atoms with E-state index in [1.807, 2.05) is 44.4 Å². The maximum atomic E-state index is 12.8. The maximum absolute atomic E-state index is 12.8. The van der Waals surface area contributed by atoms with Gasteiger partial charge in [-0.25, -0.2) is 15.0 Å². The molecule has 0 amide bonds. The molecule has 148 valence electrons. The Morgan fingerprint density at radius 2 is 1.90 bits per heavy atom. The maximum Gasteiger partial charge on any atom is 0.261 e. The smallest absolute Gasteiger partial charge is 0.261 e. The lowest BCUT2D eigenvalue weighted by atomic mass is 9.96. The van der Waals surface area contributed by atoms with Gasteiger partial charge in [-0.2, -0.15) is 5.10 Å². The normalized spacial score (nSPS) is 15.4. The van der Waals surface area contributed by atoms with Gasteiger partial charge in [-0.05, 0) is 37.8 Å². The average Bonchev–Trinajstić information content (AvgIpc) is 3.11. The van der Waals surface area contributed by atoms with E-state index in [9.17, 15) is 4.79 Å².